The number of nitrogens with zero attached hydrogens (tertiary/aromatic N) is 3. The Morgan fingerprint density at radius 2 is 2.08 bits per heavy atom. The van der Waals surface area contributed by atoms with E-state index in [1.54, 1.807) is 18.2 Å². The largest absolute Gasteiger partial charge is 0.296 e. The molecule has 1 N–H and O–H groups in total. The lowest BCUT2D eigenvalue weighted by molar-refractivity contribution is 0.102. The fourth-order valence-electron chi connectivity index (χ4n) is 3.20. The summed E-state index contributed by atoms with van der Waals surface area (Å²) in [7, 11) is -3.33. The number of aromatic nitrogens is 2. The minimum atomic E-state index is -3.33. The van der Waals surface area contributed by atoms with E-state index in [4.69, 9.17) is 0 Å². The van der Waals surface area contributed by atoms with E-state index in [-0.39, 0.29) is 11.9 Å². The fourth-order valence-corrected chi connectivity index (χ4v) is 5.37. The number of nitrogens with one attached hydrogen (secondary N) is 1. The van der Waals surface area contributed by atoms with Crippen LogP contribution >= 0.6 is 11.3 Å². The summed E-state index contributed by atoms with van der Waals surface area (Å²) >= 11 is 1.41. The van der Waals surface area contributed by atoms with Crippen molar-refractivity contribution in [3.63, 3.8) is 0 Å². The second-order valence-electron chi connectivity index (χ2n) is 6.63. The van der Waals surface area contributed by atoms with Gasteiger partial charge in [-0.1, -0.05) is 11.3 Å². The number of benzene rings is 1. The quantitative estimate of drug-likeness (QED) is 0.882. The molecule has 2 heterocycles. The van der Waals surface area contributed by atoms with Gasteiger partial charge in [-0.2, -0.15) is 0 Å². The Labute approximate surface area is 150 Å². The second-order valence-corrected chi connectivity index (χ2v) is 9.50. The van der Waals surface area contributed by atoms with Crippen LogP contribution in [0.2, 0.25) is 0 Å². The molecule has 1 aliphatic carbocycles. The molecule has 7 nitrogen and oxygen atoms in total. The smallest absolute Gasteiger partial charge is 0.257 e. The molecule has 132 valence electrons. The lowest BCUT2D eigenvalue weighted by Crippen LogP contribution is -2.34. The molecule has 4 rings (SSSR count). The predicted molar refractivity (Wildman–Crippen MR) is 96.8 cm³/mol. The molecule has 1 amide bonds. The van der Waals surface area contributed by atoms with Gasteiger partial charge in [0.15, 0.2) is 0 Å². The fraction of sp³-hybridized carbons (Fsp3) is 0.438. The third-order valence-corrected chi connectivity index (χ3v) is 6.71. The number of carbonyl (C=O) groups is 1. The summed E-state index contributed by atoms with van der Waals surface area (Å²) in [6, 6.07) is 4.96. The minimum Gasteiger partial charge on any atom is -0.296 e. The third-order valence-electron chi connectivity index (χ3n) is 4.44. The molecule has 2 aromatic rings. The molecule has 0 saturated heterocycles. The lowest BCUT2D eigenvalue weighted by atomic mass is 10.1. The van der Waals surface area contributed by atoms with Crippen LogP contribution in [0.5, 0.6) is 0 Å². The summed E-state index contributed by atoms with van der Waals surface area (Å²) in [6.07, 6.45) is 4.07. The number of carbonyl (C=O) groups excluding carboxylic acids is 1. The van der Waals surface area contributed by atoms with Crippen LogP contribution in [0.15, 0.2) is 18.2 Å². The molecule has 2 aliphatic rings. The normalized spacial score (nSPS) is 19.8. The van der Waals surface area contributed by atoms with Crippen molar-refractivity contribution in [2.45, 2.75) is 38.1 Å². The van der Waals surface area contributed by atoms with Crippen molar-refractivity contribution in [1.82, 2.24) is 10.2 Å². The molecule has 1 fully saturated rings. The zero-order chi connectivity index (χ0) is 17.8. The van der Waals surface area contributed by atoms with Gasteiger partial charge in [0, 0.05) is 17.5 Å². The Bertz CT molecular complexity index is 950. The van der Waals surface area contributed by atoms with Gasteiger partial charge in [-0.15, -0.1) is 10.2 Å². The van der Waals surface area contributed by atoms with Gasteiger partial charge in [-0.3, -0.25) is 14.4 Å². The highest BCUT2D eigenvalue weighted by Gasteiger charge is 2.33. The molecular formula is C16H18N4O3S2. The maximum atomic E-state index is 12.5. The third kappa shape index (κ3) is 3.13. The highest BCUT2D eigenvalue weighted by Crippen LogP contribution is 2.42. The average molecular weight is 378 g/mol. The van der Waals surface area contributed by atoms with Crippen molar-refractivity contribution in [3.8, 4) is 0 Å². The van der Waals surface area contributed by atoms with E-state index < -0.39 is 10.0 Å². The van der Waals surface area contributed by atoms with E-state index in [9.17, 15) is 13.2 Å². The van der Waals surface area contributed by atoms with Crippen LogP contribution in [0.25, 0.3) is 0 Å². The molecule has 0 radical (unpaired) electrons. The van der Waals surface area contributed by atoms with Crippen molar-refractivity contribution < 1.29 is 13.2 Å². The Hall–Kier alpha value is -2.00. The summed E-state index contributed by atoms with van der Waals surface area (Å²) in [5.74, 6) is 0.248. The topological polar surface area (TPSA) is 92.3 Å². The number of hydrogen-bond donors (Lipinski definition) is 1. The van der Waals surface area contributed by atoms with E-state index in [0.29, 0.717) is 28.7 Å². The second kappa shape index (κ2) is 5.77. The number of anilines is 2. The van der Waals surface area contributed by atoms with Crippen LogP contribution in [-0.4, -0.2) is 36.8 Å². The molecule has 9 heteroatoms. The SMILES string of the molecule is CC1Cc2cc(C(=O)Nc3nnc(C4CC4)s3)ccc2N1S(C)(=O)=O. The van der Waals surface area contributed by atoms with Crippen molar-refractivity contribution in [2.24, 2.45) is 0 Å². The molecule has 25 heavy (non-hydrogen) atoms. The molecule has 1 aromatic heterocycles. The maximum Gasteiger partial charge on any atom is 0.257 e. The van der Waals surface area contributed by atoms with E-state index in [1.807, 2.05) is 6.92 Å². The molecular weight excluding hydrogens is 360 g/mol. The van der Waals surface area contributed by atoms with Crippen LogP contribution in [0.3, 0.4) is 0 Å². The molecule has 1 saturated carbocycles. The van der Waals surface area contributed by atoms with Gasteiger partial charge in [0.1, 0.15) is 5.01 Å². The van der Waals surface area contributed by atoms with Gasteiger partial charge in [-0.25, -0.2) is 8.42 Å². The van der Waals surface area contributed by atoms with Crippen molar-refractivity contribution >= 4 is 38.1 Å². The van der Waals surface area contributed by atoms with Gasteiger partial charge >= 0.3 is 0 Å². The highest BCUT2D eigenvalue weighted by atomic mass is 32.2. The monoisotopic (exact) mass is 378 g/mol. The van der Waals surface area contributed by atoms with Gasteiger partial charge in [0.05, 0.1) is 11.9 Å². The van der Waals surface area contributed by atoms with Crippen LogP contribution < -0.4 is 9.62 Å². The van der Waals surface area contributed by atoms with Crippen LogP contribution in [0.4, 0.5) is 10.8 Å². The first-order valence-electron chi connectivity index (χ1n) is 8.10. The Morgan fingerprint density at radius 1 is 1.32 bits per heavy atom. The zero-order valence-electron chi connectivity index (χ0n) is 13.9. The zero-order valence-corrected chi connectivity index (χ0v) is 15.5. The molecule has 1 aliphatic heterocycles. The first-order valence-corrected chi connectivity index (χ1v) is 10.8. The molecule has 0 bridgehead atoms. The van der Waals surface area contributed by atoms with E-state index in [0.717, 1.165) is 23.4 Å². The van der Waals surface area contributed by atoms with E-state index in [2.05, 4.69) is 15.5 Å². The Morgan fingerprint density at radius 3 is 2.76 bits per heavy atom. The summed E-state index contributed by atoms with van der Waals surface area (Å²) in [4.78, 5) is 12.5. The van der Waals surface area contributed by atoms with Crippen molar-refractivity contribution in [2.75, 3.05) is 15.9 Å². The molecule has 1 unspecified atom stereocenters. The number of amides is 1. The average Bonchev–Trinajstić information content (AvgIpc) is 3.17. The van der Waals surface area contributed by atoms with Crippen molar-refractivity contribution in [1.29, 1.82) is 0 Å². The van der Waals surface area contributed by atoms with Gasteiger partial charge in [-0.05, 0) is 49.9 Å². The number of rotatable bonds is 4. The standard InChI is InChI=1S/C16H18N4O3S2/c1-9-7-12-8-11(5-6-13(12)20(9)25(2,22)23)14(21)17-16-19-18-15(24-16)10-3-4-10/h5-6,8-10H,3-4,7H2,1-2H3,(H,17,19,21). The van der Waals surface area contributed by atoms with Crippen LogP contribution in [0.1, 0.15) is 46.6 Å². The Kier molecular flexibility index (Phi) is 3.80. The summed E-state index contributed by atoms with van der Waals surface area (Å²) < 4.78 is 25.3. The van der Waals surface area contributed by atoms with Crippen LogP contribution in [-0.2, 0) is 16.4 Å². The molecule has 1 aromatic carbocycles. The van der Waals surface area contributed by atoms with Gasteiger partial charge < -0.3 is 0 Å². The summed E-state index contributed by atoms with van der Waals surface area (Å²) in [5.41, 5.74) is 2.00. The number of sulfonamides is 1. The lowest BCUT2D eigenvalue weighted by Gasteiger charge is -2.21. The summed E-state index contributed by atoms with van der Waals surface area (Å²) in [5, 5.41) is 12.4. The first kappa shape index (κ1) is 16.5. The minimum absolute atomic E-state index is 0.146. The summed E-state index contributed by atoms with van der Waals surface area (Å²) in [6.45, 7) is 1.86. The van der Waals surface area contributed by atoms with Crippen molar-refractivity contribution in [3.05, 3.63) is 34.3 Å². The molecule has 0 spiro atoms. The Balaban J connectivity index is 1.55. The van der Waals surface area contributed by atoms with Gasteiger partial charge in [0.25, 0.3) is 5.91 Å². The predicted octanol–water partition coefficient (Wildman–Crippen LogP) is 2.38. The number of hydrogen-bond acceptors (Lipinski definition) is 6. The first-order chi connectivity index (χ1) is 11.8. The number of fused-ring (bicyclic) bond motifs is 1. The van der Waals surface area contributed by atoms with E-state index >= 15 is 0 Å². The highest BCUT2D eigenvalue weighted by molar-refractivity contribution is 7.92. The van der Waals surface area contributed by atoms with E-state index in [1.165, 1.54) is 21.9 Å². The maximum absolute atomic E-state index is 12.5. The van der Waals surface area contributed by atoms with Crippen LogP contribution in [0, 0.1) is 0 Å². The molecule has 1 atom stereocenters. The van der Waals surface area contributed by atoms with Gasteiger partial charge in [0.2, 0.25) is 15.2 Å².